The van der Waals surface area contributed by atoms with Gasteiger partial charge in [0.15, 0.2) is 0 Å². The number of amides is 2. The maximum absolute atomic E-state index is 13.2. The number of nitrogens with one attached hydrogen (secondary N) is 2. The van der Waals surface area contributed by atoms with E-state index in [4.69, 9.17) is 0 Å². The molecule has 0 saturated heterocycles. The first-order chi connectivity index (χ1) is 17.5. The molecule has 2 aromatic heterocycles. The number of halogens is 2. The third-order valence-corrected chi connectivity index (χ3v) is 4.43. The normalized spacial score (nSPS) is 10.2. The van der Waals surface area contributed by atoms with Gasteiger partial charge in [-0.15, -0.1) is 0 Å². The van der Waals surface area contributed by atoms with Crippen molar-refractivity contribution in [2.45, 2.75) is 0 Å². The summed E-state index contributed by atoms with van der Waals surface area (Å²) in [6.07, 6.45) is 8.55. The van der Waals surface area contributed by atoms with Crippen molar-refractivity contribution < 1.29 is 35.1 Å². The average molecular weight is 545 g/mol. The first-order valence-corrected chi connectivity index (χ1v) is 10.5. The van der Waals surface area contributed by atoms with Crippen molar-refractivity contribution in [3.63, 3.8) is 0 Å². The SMILES string of the molecule is O=C(N/N=C\c1ccccc1F)c1ccncc1.O=C(N/N=C\c1ccccc1F)c1ccncc1.[Co]. The van der Waals surface area contributed by atoms with Crippen LogP contribution in [0.4, 0.5) is 8.78 Å². The van der Waals surface area contributed by atoms with Crippen molar-refractivity contribution in [2.75, 3.05) is 0 Å². The van der Waals surface area contributed by atoms with Crippen LogP contribution in [0.15, 0.2) is 108 Å². The van der Waals surface area contributed by atoms with Crippen LogP contribution in [0.1, 0.15) is 31.8 Å². The minimum atomic E-state index is -0.389. The summed E-state index contributed by atoms with van der Waals surface area (Å²) in [7, 11) is 0. The van der Waals surface area contributed by atoms with Gasteiger partial charge in [-0.1, -0.05) is 36.4 Å². The summed E-state index contributed by atoms with van der Waals surface area (Å²) >= 11 is 0. The molecule has 0 aliphatic rings. The molecular formula is C26H20CoF2N6O2. The van der Waals surface area contributed by atoms with Crippen molar-refractivity contribution >= 4 is 24.2 Å². The monoisotopic (exact) mass is 545 g/mol. The van der Waals surface area contributed by atoms with Crippen LogP contribution in [-0.2, 0) is 16.8 Å². The molecule has 2 amide bonds. The molecule has 1 radical (unpaired) electrons. The van der Waals surface area contributed by atoms with Gasteiger partial charge in [-0.25, -0.2) is 19.6 Å². The topological polar surface area (TPSA) is 109 Å². The molecule has 8 nitrogen and oxygen atoms in total. The first kappa shape index (κ1) is 28.6. The smallest absolute Gasteiger partial charge is 0.267 e. The Balaban J connectivity index is 0.000000253. The Morgan fingerprint density at radius 2 is 0.973 bits per heavy atom. The van der Waals surface area contributed by atoms with Gasteiger partial charge in [0.1, 0.15) is 11.6 Å². The minimum Gasteiger partial charge on any atom is -0.267 e. The number of nitrogens with zero attached hydrogens (tertiary/aromatic N) is 4. The summed E-state index contributed by atoms with van der Waals surface area (Å²) in [5.41, 5.74) is 6.13. The third kappa shape index (κ3) is 9.51. The van der Waals surface area contributed by atoms with E-state index in [0.717, 1.165) is 0 Å². The summed E-state index contributed by atoms with van der Waals surface area (Å²) in [6.45, 7) is 0. The van der Waals surface area contributed by atoms with Crippen molar-refractivity contribution in [3.8, 4) is 0 Å². The Morgan fingerprint density at radius 1 is 0.622 bits per heavy atom. The molecule has 0 atom stereocenters. The van der Waals surface area contributed by atoms with E-state index in [1.54, 1.807) is 60.7 Å². The molecule has 0 bridgehead atoms. The van der Waals surface area contributed by atoms with Gasteiger partial charge in [-0.05, 0) is 36.4 Å². The van der Waals surface area contributed by atoms with Gasteiger partial charge in [0.2, 0.25) is 0 Å². The van der Waals surface area contributed by atoms with Crippen LogP contribution < -0.4 is 10.9 Å². The number of pyridine rings is 2. The maximum Gasteiger partial charge on any atom is 0.271 e. The van der Waals surface area contributed by atoms with E-state index < -0.39 is 0 Å². The van der Waals surface area contributed by atoms with Gasteiger partial charge in [0.25, 0.3) is 11.8 Å². The second-order valence-electron chi connectivity index (χ2n) is 6.91. The summed E-state index contributed by atoms with van der Waals surface area (Å²) in [6, 6.07) is 18.6. The molecule has 0 fully saturated rings. The van der Waals surface area contributed by atoms with E-state index in [1.165, 1.54) is 49.3 Å². The molecule has 0 saturated carbocycles. The Kier molecular flexibility index (Phi) is 11.9. The fraction of sp³-hybridized carbons (Fsp3) is 0. The van der Waals surface area contributed by atoms with E-state index in [1.807, 2.05) is 0 Å². The van der Waals surface area contributed by atoms with Gasteiger partial charge in [0.05, 0.1) is 12.4 Å². The Labute approximate surface area is 221 Å². The Morgan fingerprint density at radius 3 is 1.32 bits per heavy atom. The molecule has 189 valence electrons. The van der Waals surface area contributed by atoms with Crippen molar-refractivity contribution in [1.82, 2.24) is 20.8 Å². The van der Waals surface area contributed by atoms with Crippen LogP contribution in [0.5, 0.6) is 0 Å². The van der Waals surface area contributed by atoms with Crippen molar-refractivity contribution in [2.24, 2.45) is 10.2 Å². The standard InChI is InChI=1S/2C13H10FN3O.Co/c2*14-12-4-2-1-3-11(12)9-16-17-13(18)10-5-7-15-8-6-10;/h2*1-9H,(H,17,18);/b2*16-9-;. The van der Waals surface area contributed by atoms with Crippen LogP contribution in [0.3, 0.4) is 0 Å². The van der Waals surface area contributed by atoms with E-state index in [2.05, 4.69) is 31.0 Å². The number of carbonyl (C=O) groups excluding carboxylic acids is 2. The number of hydrogen-bond donors (Lipinski definition) is 2. The molecule has 2 heterocycles. The Bertz CT molecular complexity index is 1250. The van der Waals surface area contributed by atoms with Crippen LogP contribution >= 0.6 is 0 Å². The summed E-state index contributed by atoms with van der Waals surface area (Å²) in [5, 5.41) is 7.39. The maximum atomic E-state index is 13.2. The van der Waals surface area contributed by atoms with Crippen LogP contribution in [0.2, 0.25) is 0 Å². The molecule has 37 heavy (non-hydrogen) atoms. The van der Waals surface area contributed by atoms with E-state index in [9.17, 15) is 18.4 Å². The molecule has 2 N–H and O–H groups in total. The summed E-state index contributed by atoms with van der Waals surface area (Å²) < 4.78 is 26.4. The second kappa shape index (κ2) is 15.4. The average Bonchev–Trinajstić information content (AvgIpc) is 2.92. The number of hydrogen-bond acceptors (Lipinski definition) is 6. The van der Waals surface area contributed by atoms with Gasteiger partial charge < -0.3 is 0 Å². The van der Waals surface area contributed by atoms with E-state index in [0.29, 0.717) is 22.3 Å². The van der Waals surface area contributed by atoms with Gasteiger partial charge in [0, 0.05) is 63.8 Å². The zero-order chi connectivity index (χ0) is 25.6. The van der Waals surface area contributed by atoms with Crippen LogP contribution in [0, 0.1) is 11.6 Å². The molecule has 11 heteroatoms. The van der Waals surface area contributed by atoms with E-state index in [-0.39, 0.29) is 40.2 Å². The number of rotatable bonds is 6. The molecular weight excluding hydrogens is 525 g/mol. The number of benzene rings is 2. The fourth-order valence-electron chi connectivity index (χ4n) is 2.62. The van der Waals surface area contributed by atoms with Gasteiger partial charge >= 0.3 is 0 Å². The van der Waals surface area contributed by atoms with Crippen LogP contribution in [0.25, 0.3) is 0 Å². The number of hydrazone groups is 2. The summed E-state index contributed by atoms with van der Waals surface area (Å²) in [5.74, 6) is -1.52. The van der Waals surface area contributed by atoms with E-state index >= 15 is 0 Å². The van der Waals surface area contributed by atoms with Crippen molar-refractivity contribution in [3.05, 3.63) is 131 Å². The minimum absolute atomic E-state index is 0. The predicted octanol–water partition coefficient (Wildman–Crippen LogP) is 3.97. The van der Waals surface area contributed by atoms with Crippen molar-refractivity contribution in [1.29, 1.82) is 0 Å². The quantitative estimate of drug-likeness (QED) is 0.282. The molecule has 2 aromatic carbocycles. The van der Waals surface area contributed by atoms with Gasteiger partial charge in [-0.2, -0.15) is 10.2 Å². The van der Waals surface area contributed by atoms with Crippen LogP contribution in [-0.4, -0.2) is 34.2 Å². The molecule has 4 rings (SSSR count). The molecule has 0 unspecified atom stereocenters. The second-order valence-corrected chi connectivity index (χ2v) is 6.91. The largest absolute Gasteiger partial charge is 0.271 e. The third-order valence-electron chi connectivity index (χ3n) is 4.43. The number of carbonyl (C=O) groups is 2. The molecule has 0 aliphatic carbocycles. The molecule has 0 spiro atoms. The summed E-state index contributed by atoms with van der Waals surface area (Å²) in [4.78, 5) is 30.7. The zero-order valence-corrected chi connectivity index (χ0v) is 20.1. The molecule has 4 aromatic rings. The predicted molar refractivity (Wildman–Crippen MR) is 131 cm³/mol. The fourth-order valence-corrected chi connectivity index (χ4v) is 2.62. The molecule has 0 aliphatic heterocycles. The zero-order valence-electron chi connectivity index (χ0n) is 19.1. The first-order valence-electron chi connectivity index (χ1n) is 10.5. The number of aromatic nitrogens is 2. The van der Waals surface area contributed by atoms with Gasteiger partial charge in [-0.3, -0.25) is 19.6 Å². The Hall–Kier alpha value is -4.61.